The lowest BCUT2D eigenvalue weighted by atomic mass is 10.2. The molecular formula is C16H20N2O3. The number of rotatable bonds is 5. The van der Waals surface area contributed by atoms with Gasteiger partial charge in [0.25, 0.3) is 5.91 Å². The number of ether oxygens (including phenoxy) is 1. The number of nitrogens with one attached hydrogen (secondary N) is 2. The van der Waals surface area contributed by atoms with Gasteiger partial charge < -0.3 is 15.4 Å². The molecule has 1 heterocycles. The van der Waals surface area contributed by atoms with Gasteiger partial charge in [-0.15, -0.1) is 0 Å². The number of carbonyl (C=O) groups excluding carboxylic acids is 2. The van der Waals surface area contributed by atoms with E-state index in [1.165, 1.54) is 6.92 Å². The molecular weight excluding hydrogens is 268 g/mol. The molecule has 2 N–H and O–H groups in total. The van der Waals surface area contributed by atoms with Crippen LogP contribution in [-0.2, 0) is 14.3 Å². The van der Waals surface area contributed by atoms with Gasteiger partial charge in [0.2, 0.25) is 5.91 Å². The van der Waals surface area contributed by atoms with Crippen molar-refractivity contribution in [2.45, 2.75) is 25.9 Å². The van der Waals surface area contributed by atoms with Crippen molar-refractivity contribution < 1.29 is 14.3 Å². The van der Waals surface area contributed by atoms with Gasteiger partial charge in [0, 0.05) is 20.1 Å². The predicted octanol–water partition coefficient (Wildman–Crippen LogP) is 1.46. The molecule has 1 aliphatic heterocycles. The summed E-state index contributed by atoms with van der Waals surface area (Å²) in [6, 6.07) is 9.39. The minimum Gasteiger partial charge on any atom is -0.376 e. The Morgan fingerprint density at radius 3 is 2.71 bits per heavy atom. The molecule has 0 saturated carbocycles. The average Bonchev–Trinajstić information content (AvgIpc) is 2.98. The molecule has 5 nitrogen and oxygen atoms in total. The van der Waals surface area contributed by atoms with E-state index in [0.29, 0.717) is 6.54 Å². The molecule has 1 aliphatic rings. The molecule has 2 rings (SSSR count). The molecule has 1 fully saturated rings. The Balaban J connectivity index is 2.02. The van der Waals surface area contributed by atoms with Crippen molar-refractivity contribution in [2.75, 3.05) is 13.2 Å². The fourth-order valence-corrected chi connectivity index (χ4v) is 2.17. The lowest BCUT2D eigenvalue weighted by molar-refractivity contribution is -0.122. The normalized spacial score (nSPS) is 18.3. The summed E-state index contributed by atoms with van der Waals surface area (Å²) in [7, 11) is 0. The summed E-state index contributed by atoms with van der Waals surface area (Å²) in [5.74, 6) is -0.575. The summed E-state index contributed by atoms with van der Waals surface area (Å²) >= 11 is 0. The summed E-state index contributed by atoms with van der Waals surface area (Å²) in [6.45, 7) is 2.59. The van der Waals surface area contributed by atoms with Crippen LogP contribution in [0.1, 0.15) is 25.3 Å². The van der Waals surface area contributed by atoms with Gasteiger partial charge in [-0.2, -0.15) is 0 Å². The van der Waals surface area contributed by atoms with Gasteiger partial charge in [-0.05, 0) is 24.5 Å². The largest absolute Gasteiger partial charge is 0.376 e. The Labute approximate surface area is 124 Å². The number of hydrogen-bond donors (Lipinski definition) is 2. The van der Waals surface area contributed by atoms with Gasteiger partial charge in [-0.3, -0.25) is 9.59 Å². The van der Waals surface area contributed by atoms with Crippen LogP contribution in [-0.4, -0.2) is 31.1 Å². The van der Waals surface area contributed by atoms with Crippen LogP contribution in [0.2, 0.25) is 0 Å². The zero-order valence-corrected chi connectivity index (χ0v) is 12.1. The molecule has 0 aliphatic carbocycles. The van der Waals surface area contributed by atoms with Crippen molar-refractivity contribution in [3.05, 3.63) is 41.6 Å². The first-order valence-electron chi connectivity index (χ1n) is 7.09. The molecule has 21 heavy (non-hydrogen) atoms. The Kier molecular flexibility index (Phi) is 5.51. The summed E-state index contributed by atoms with van der Waals surface area (Å²) in [5.41, 5.74) is 1.10. The van der Waals surface area contributed by atoms with Crippen molar-refractivity contribution in [1.29, 1.82) is 0 Å². The maximum absolute atomic E-state index is 12.2. The van der Waals surface area contributed by atoms with E-state index in [2.05, 4.69) is 10.6 Å². The van der Waals surface area contributed by atoms with Gasteiger partial charge in [-0.1, -0.05) is 30.3 Å². The fourth-order valence-electron chi connectivity index (χ4n) is 2.17. The highest BCUT2D eigenvalue weighted by Gasteiger charge is 2.18. The minimum absolute atomic E-state index is 0.0734. The summed E-state index contributed by atoms with van der Waals surface area (Å²) in [5, 5.41) is 5.38. The number of amides is 2. The Morgan fingerprint density at radius 2 is 2.10 bits per heavy atom. The molecule has 0 spiro atoms. The third-order valence-corrected chi connectivity index (χ3v) is 3.18. The van der Waals surface area contributed by atoms with E-state index >= 15 is 0 Å². The fraction of sp³-hybridized carbons (Fsp3) is 0.375. The van der Waals surface area contributed by atoms with Gasteiger partial charge in [-0.25, -0.2) is 0 Å². The molecule has 0 unspecified atom stereocenters. The van der Waals surface area contributed by atoms with Crippen molar-refractivity contribution in [3.8, 4) is 0 Å². The second kappa shape index (κ2) is 7.59. The van der Waals surface area contributed by atoms with Crippen molar-refractivity contribution in [2.24, 2.45) is 0 Å². The third kappa shape index (κ3) is 5.04. The minimum atomic E-state index is -0.301. The van der Waals surface area contributed by atoms with Crippen LogP contribution in [0.4, 0.5) is 0 Å². The van der Waals surface area contributed by atoms with Gasteiger partial charge in [0.1, 0.15) is 5.70 Å². The molecule has 5 heteroatoms. The predicted molar refractivity (Wildman–Crippen MR) is 80.2 cm³/mol. The Morgan fingerprint density at radius 1 is 1.33 bits per heavy atom. The van der Waals surface area contributed by atoms with Crippen LogP contribution in [0.3, 0.4) is 0 Å². The molecule has 1 aromatic rings. The van der Waals surface area contributed by atoms with Crippen LogP contribution in [0.5, 0.6) is 0 Å². The Bertz CT molecular complexity index is 520. The van der Waals surface area contributed by atoms with Gasteiger partial charge in [0.05, 0.1) is 6.10 Å². The number of carbonyl (C=O) groups is 2. The van der Waals surface area contributed by atoms with E-state index in [9.17, 15) is 9.59 Å². The zero-order valence-electron chi connectivity index (χ0n) is 12.1. The second-order valence-electron chi connectivity index (χ2n) is 4.99. The highest BCUT2D eigenvalue weighted by molar-refractivity contribution is 6.00. The number of hydrogen-bond acceptors (Lipinski definition) is 3. The zero-order chi connectivity index (χ0) is 15.1. The van der Waals surface area contributed by atoms with E-state index in [4.69, 9.17) is 4.74 Å². The van der Waals surface area contributed by atoms with Crippen LogP contribution in [0.15, 0.2) is 36.0 Å². The first-order valence-corrected chi connectivity index (χ1v) is 7.09. The smallest absolute Gasteiger partial charge is 0.267 e. The first kappa shape index (κ1) is 15.3. The summed E-state index contributed by atoms with van der Waals surface area (Å²) < 4.78 is 5.46. The van der Waals surface area contributed by atoms with Crippen LogP contribution in [0, 0.1) is 0 Å². The highest BCUT2D eigenvalue weighted by atomic mass is 16.5. The molecule has 1 atom stereocenters. The Hall–Kier alpha value is -2.14. The van der Waals surface area contributed by atoms with Crippen LogP contribution < -0.4 is 10.6 Å². The standard InChI is InChI=1S/C16H20N2O3/c1-12(19)18-15(10-13-6-3-2-4-7-13)16(20)17-11-14-8-5-9-21-14/h2-4,6-7,10,14H,5,8-9,11H2,1H3,(H,17,20)(H,18,19)/b15-10-/t14-/m0/s1. The van der Waals surface area contributed by atoms with Crippen LogP contribution in [0.25, 0.3) is 6.08 Å². The molecule has 0 radical (unpaired) electrons. The SMILES string of the molecule is CC(=O)N/C(=C\c1ccccc1)C(=O)NC[C@@H]1CCCO1. The summed E-state index contributed by atoms with van der Waals surface area (Å²) in [6.07, 6.45) is 3.72. The maximum atomic E-state index is 12.2. The topological polar surface area (TPSA) is 67.4 Å². The maximum Gasteiger partial charge on any atom is 0.267 e. The molecule has 2 amide bonds. The monoisotopic (exact) mass is 288 g/mol. The quantitative estimate of drug-likeness (QED) is 0.806. The lowest BCUT2D eigenvalue weighted by Crippen LogP contribution is -2.37. The van der Waals surface area contributed by atoms with Crippen molar-refractivity contribution in [3.63, 3.8) is 0 Å². The number of benzene rings is 1. The first-order chi connectivity index (χ1) is 10.1. The van der Waals surface area contributed by atoms with E-state index in [0.717, 1.165) is 25.0 Å². The summed E-state index contributed by atoms with van der Waals surface area (Å²) in [4.78, 5) is 23.4. The third-order valence-electron chi connectivity index (χ3n) is 3.18. The molecule has 0 aromatic heterocycles. The van der Waals surface area contributed by atoms with Crippen molar-refractivity contribution in [1.82, 2.24) is 10.6 Å². The van der Waals surface area contributed by atoms with Gasteiger partial charge >= 0.3 is 0 Å². The van der Waals surface area contributed by atoms with E-state index < -0.39 is 0 Å². The molecule has 1 aromatic carbocycles. The van der Waals surface area contributed by atoms with E-state index in [1.54, 1.807) is 6.08 Å². The van der Waals surface area contributed by atoms with Crippen LogP contribution >= 0.6 is 0 Å². The average molecular weight is 288 g/mol. The molecule has 0 bridgehead atoms. The van der Waals surface area contributed by atoms with E-state index in [-0.39, 0.29) is 23.6 Å². The van der Waals surface area contributed by atoms with Crippen molar-refractivity contribution >= 4 is 17.9 Å². The molecule has 1 saturated heterocycles. The second-order valence-corrected chi connectivity index (χ2v) is 4.99. The highest BCUT2D eigenvalue weighted by Crippen LogP contribution is 2.11. The van der Waals surface area contributed by atoms with E-state index in [1.807, 2.05) is 30.3 Å². The molecule has 112 valence electrons. The lowest BCUT2D eigenvalue weighted by Gasteiger charge is -2.13. The van der Waals surface area contributed by atoms with Gasteiger partial charge in [0.15, 0.2) is 0 Å².